The maximum absolute atomic E-state index is 10.6. The number of carbonyl (C=O) groups excluding carboxylic acids is 1. The van der Waals surface area contributed by atoms with Gasteiger partial charge in [0.1, 0.15) is 0 Å². The molecule has 0 aliphatic rings. The highest BCUT2D eigenvalue weighted by atomic mass is 79.9. The minimum Gasteiger partial charge on any atom is -0.343 e. The first kappa shape index (κ1) is 10.3. The average molecular weight is 242 g/mol. The summed E-state index contributed by atoms with van der Waals surface area (Å²) < 4.78 is 0. The van der Waals surface area contributed by atoms with E-state index < -0.39 is 0 Å². The molecule has 0 fully saturated rings. The molecule has 1 N–H and O–H groups in total. The maximum atomic E-state index is 10.6. The van der Waals surface area contributed by atoms with Gasteiger partial charge in [-0.3, -0.25) is 4.79 Å². The summed E-state index contributed by atoms with van der Waals surface area (Å²) in [6, 6.07) is 6.19. The predicted molar refractivity (Wildman–Crippen MR) is 57.1 cm³/mol. The Morgan fingerprint density at radius 2 is 2.15 bits per heavy atom. The van der Waals surface area contributed by atoms with Crippen molar-refractivity contribution in [1.29, 1.82) is 0 Å². The van der Waals surface area contributed by atoms with Crippen LogP contribution in [0.1, 0.15) is 16.7 Å². The molecule has 0 saturated carbocycles. The second-order valence-electron chi connectivity index (χ2n) is 3.06. The maximum Gasteiger partial charge on any atom is 0.287 e. The van der Waals surface area contributed by atoms with E-state index in [9.17, 15) is 4.79 Å². The molecule has 0 heterocycles. The standard InChI is InChI=1S/C10H12BrNO/c1-7-3-4-9(8(2)5-7)6-12-10(11)13/h3-5H,6H2,1-2H3,(H,12,13). The number of hydrogen-bond acceptors (Lipinski definition) is 1. The number of nitrogens with one attached hydrogen (secondary N) is 1. The van der Waals surface area contributed by atoms with E-state index in [0.29, 0.717) is 6.54 Å². The number of benzene rings is 1. The van der Waals surface area contributed by atoms with Crippen LogP contribution in [0.25, 0.3) is 0 Å². The van der Waals surface area contributed by atoms with Crippen molar-refractivity contribution in [1.82, 2.24) is 5.32 Å². The van der Waals surface area contributed by atoms with E-state index in [4.69, 9.17) is 0 Å². The molecule has 0 atom stereocenters. The zero-order valence-corrected chi connectivity index (χ0v) is 9.31. The molecule has 3 heteroatoms. The molecule has 13 heavy (non-hydrogen) atoms. The van der Waals surface area contributed by atoms with Gasteiger partial charge in [-0.05, 0) is 25.0 Å². The zero-order valence-electron chi connectivity index (χ0n) is 7.73. The molecule has 0 unspecified atom stereocenters. The molecule has 70 valence electrons. The summed E-state index contributed by atoms with van der Waals surface area (Å²) in [7, 11) is 0. The fourth-order valence-electron chi connectivity index (χ4n) is 1.21. The van der Waals surface area contributed by atoms with Crippen molar-refractivity contribution in [3.05, 3.63) is 34.9 Å². The van der Waals surface area contributed by atoms with Crippen LogP contribution in [0.3, 0.4) is 0 Å². The van der Waals surface area contributed by atoms with Crippen molar-refractivity contribution in [2.45, 2.75) is 20.4 Å². The largest absolute Gasteiger partial charge is 0.343 e. The van der Waals surface area contributed by atoms with Crippen LogP contribution in [-0.4, -0.2) is 4.82 Å². The second-order valence-corrected chi connectivity index (χ2v) is 3.78. The monoisotopic (exact) mass is 241 g/mol. The average Bonchev–Trinajstić information content (AvgIpc) is 2.02. The van der Waals surface area contributed by atoms with Crippen LogP contribution < -0.4 is 5.32 Å². The zero-order chi connectivity index (χ0) is 9.84. The predicted octanol–water partition coefficient (Wildman–Crippen LogP) is 2.91. The first-order valence-electron chi connectivity index (χ1n) is 4.09. The van der Waals surface area contributed by atoms with E-state index in [1.54, 1.807) is 0 Å². The molecule has 1 aromatic carbocycles. The van der Waals surface area contributed by atoms with Gasteiger partial charge >= 0.3 is 0 Å². The Kier molecular flexibility index (Phi) is 3.48. The van der Waals surface area contributed by atoms with Crippen molar-refractivity contribution in [3.8, 4) is 0 Å². The second kappa shape index (κ2) is 4.42. The third-order valence-corrected chi connectivity index (χ3v) is 2.20. The fraction of sp³-hybridized carbons (Fsp3) is 0.300. The van der Waals surface area contributed by atoms with Crippen molar-refractivity contribution < 1.29 is 4.79 Å². The number of carbonyl (C=O) groups is 1. The number of rotatable bonds is 2. The molecular formula is C10H12BrNO. The highest BCUT2D eigenvalue weighted by Crippen LogP contribution is 2.10. The van der Waals surface area contributed by atoms with Gasteiger partial charge in [-0.25, -0.2) is 0 Å². The summed E-state index contributed by atoms with van der Waals surface area (Å²) in [5, 5.41) is 2.70. The third-order valence-electron chi connectivity index (χ3n) is 1.92. The Morgan fingerprint density at radius 3 is 2.69 bits per heavy atom. The number of halogens is 1. The molecule has 1 aromatic rings. The van der Waals surface area contributed by atoms with Gasteiger partial charge in [0.25, 0.3) is 4.82 Å². The lowest BCUT2D eigenvalue weighted by molar-refractivity contribution is 0.261. The van der Waals surface area contributed by atoms with E-state index in [0.717, 1.165) is 5.56 Å². The molecule has 0 aliphatic carbocycles. The summed E-state index contributed by atoms with van der Waals surface area (Å²) in [6.07, 6.45) is 0. The van der Waals surface area contributed by atoms with Crippen molar-refractivity contribution in [2.75, 3.05) is 0 Å². The smallest absolute Gasteiger partial charge is 0.287 e. The van der Waals surface area contributed by atoms with Crippen molar-refractivity contribution in [2.24, 2.45) is 0 Å². The van der Waals surface area contributed by atoms with Gasteiger partial charge < -0.3 is 5.32 Å². The Morgan fingerprint density at radius 1 is 1.46 bits per heavy atom. The minimum atomic E-state index is -0.174. The molecule has 0 bridgehead atoms. The topological polar surface area (TPSA) is 29.1 Å². The minimum absolute atomic E-state index is 0.174. The number of amides is 1. The summed E-state index contributed by atoms with van der Waals surface area (Å²) in [5.41, 5.74) is 3.60. The van der Waals surface area contributed by atoms with Crippen LogP contribution >= 0.6 is 15.9 Å². The normalized spacial score (nSPS) is 9.77. The van der Waals surface area contributed by atoms with Crippen LogP contribution in [0.2, 0.25) is 0 Å². The van der Waals surface area contributed by atoms with Crippen LogP contribution in [-0.2, 0) is 6.54 Å². The van der Waals surface area contributed by atoms with Gasteiger partial charge in [-0.15, -0.1) is 0 Å². The number of hydrogen-bond donors (Lipinski definition) is 1. The SMILES string of the molecule is Cc1ccc(CNC(=O)Br)c(C)c1. The summed E-state index contributed by atoms with van der Waals surface area (Å²) in [6.45, 7) is 4.68. The molecule has 0 aromatic heterocycles. The lowest BCUT2D eigenvalue weighted by Crippen LogP contribution is -2.15. The lowest BCUT2D eigenvalue weighted by atomic mass is 10.1. The Labute approximate surface area is 86.5 Å². The van der Waals surface area contributed by atoms with E-state index >= 15 is 0 Å². The molecule has 2 nitrogen and oxygen atoms in total. The van der Waals surface area contributed by atoms with Crippen molar-refractivity contribution >= 4 is 20.7 Å². The van der Waals surface area contributed by atoms with Crippen molar-refractivity contribution in [3.63, 3.8) is 0 Å². The van der Waals surface area contributed by atoms with Crippen LogP contribution in [0.15, 0.2) is 18.2 Å². The van der Waals surface area contributed by atoms with E-state index in [1.165, 1.54) is 11.1 Å². The summed E-state index contributed by atoms with van der Waals surface area (Å²) in [4.78, 5) is 10.4. The summed E-state index contributed by atoms with van der Waals surface area (Å²) >= 11 is 2.82. The van der Waals surface area contributed by atoms with Gasteiger partial charge in [0.2, 0.25) is 0 Å². The Hall–Kier alpha value is -0.830. The van der Waals surface area contributed by atoms with E-state index in [1.807, 2.05) is 19.1 Å². The van der Waals surface area contributed by atoms with Gasteiger partial charge in [0.05, 0.1) is 0 Å². The first-order chi connectivity index (χ1) is 6.09. The third kappa shape index (κ3) is 3.19. The molecular weight excluding hydrogens is 230 g/mol. The van der Waals surface area contributed by atoms with Crippen LogP contribution in [0.5, 0.6) is 0 Å². The Balaban J connectivity index is 2.72. The summed E-state index contributed by atoms with van der Waals surface area (Å²) in [5.74, 6) is 0. The number of aryl methyl sites for hydroxylation is 2. The quantitative estimate of drug-likeness (QED) is 0.627. The molecule has 0 saturated heterocycles. The van der Waals surface area contributed by atoms with Gasteiger partial charge in [0, 0.05) is 22.5 Å². The van der Waals surface area contributed by atoms with E-state index in [2.05, 4.69) is 34.2 Å². The van der Waals surface area contributed by atoms with Gasteiger partial charge in [-0.2, -0.15) is 0 Å². The molecule has 0 spiro atoms. The van der Waals surface area contributed by atoms with Gasteiger partial charge in [0.15, 0.2) is 0 Å². The fourth-order valence-corrected chi connectivity index (χ4v) is 1.35. The molecule has 0 aliphatic heterocycles. The van der Waals surface area contributed by atoms with Crippen LogP contribution in [0, 0.1) is 13.8 Å². The molecule has 1 rings (SSSR count). The Bertz CT molecular complexity index is 323. The molecule has 0 radical (unpaired) electrons. The van der Waals surface area contributed by atoms with Gasteiger partial charge in [-0.1, -0.05) is 23.8 Å². The lowest BCUT2D eigenvalue weighted by Gasteiger charge is -2.06. The first-order valence-corrected chi connectivity index (χ1v) is 4.88. The highest BCUT2D eigenvalue weighted by Gasteiger charge is 1.99. The molecule has 1 amide bonds. The van der Waals surface area contributed by atoms with E-state index in [-0.39, 0.29) is 4.82 Å². The highest BCUT2D eigenvalue weighted by molar-refractivity contribution is 9.18. The van der Waals surface area contributed by atoms with Crippen LogP contribution in [0.4, 0.5) is 4.79 Å².